The second-order valence-electron chi connectivity index (χ2n) is 3.53. The molecule has 0 saturated carbocycles. The zero-order valence-corrected chi connectivity index (χ0v) is 11.8. The Labute approximate surface area is 109 Å². The van der Waals surface area contributed by atoms with Crippen LogP contribution in [0.1, 0.15) is 25.8 Å². The molecule has 0 radical (unpaired) electrons. The first kappa shape index (κ1) is 16.7. The molecule has 0 aromatic heterocycles. The van der Waals surface area contributed by atoms with Gasteiger partial charge in [-0.15, -0.1) is 0 Å². The van der Waals surface area contributed by atoms with Gasteiger partial charge in [-0.25, -0.2) is 0 Å². The fourth-order valence-electron chi connectivity index (χ4n) is 1.22. The van der Waals surface area contributed by atoms with Crippen LogP contribution in [0.5, 0.6) is 5.75 Å². The summed E-state index contributed by atoms with van der Waals surface area (Å²) in [7, 11) is -3.91. The highest BCUT2D eigenvalue weighted by Gasteiger charge is 2.05. The average Bonchev–Trinajstić information content (AvgIpc) is 2.28. The number of anilines is 1. The number of nitrogen functional groups attached to an aromatic ring is 1. The molecule has 0 saturated heterocycles. The van der Waals surface area contributed by atoms with Crippen molar-refractivity contribution in [2.45, 2.75) is 27.2 Å². The Hall–Kier alpha value is -1.27. The second-order valence-corrected chi connectivity index (χ2v) is 5.10. The van der Waals surface area contributed by atoms with Crippen molar-refractivity contribution in [2.75, 3.05) is 18.1 Å². The van der Waals surface area contributed by atoms with Gasteiger partial charge in [0, 0.05) is 0 Å². The predicted octanol–water partition coefficient (Wildman–Crippen LogP) is 2.26. The van der Waals surface area contributed by atoms with Gasteiger partial charge in [-0.05, 0) is 31.0 Å². The molecule has 0 aliphatic rings. The molecule has 0 spiro atoms. The quantitative estimate of drug-likeness (QED) is 0.489. The maximum Gasteiger partial charge on any atom is 0.264 e. The zero-order valence-electron chi connectivity index (χ0n) is 11.0. The van der Waals surface area contributed by atoms with E-state index in [0.29, 0.717) is 11.4 Å². The molecule has 0 aliphatic carbocycles. The minimum atomic E-state index is -3.91. The molecule has 0 bridgehead atoms. The average molecular weight is 275 g/mol. The van der Waals surface area contributed by atoms with Crippen LogP contribution in [0.15, 0.2) is 18.2 Å². The smallest absolute Gasteiger partial charge is 0.264 e. The van der Waals surface area contributed by atoms with E-state index in [1.54, 1.807) is 12.1 Å². The molecule has 18 heavy (non-hydrogen) atoms. The molecular formula is C12H21NO4S. The van der Waals surface area contributed by atoms with E-state index in [1.807, 2.05) is 26.8 Å². The fraction of sp³-hybridized carbons (Fsp3) is 0.500. The summed E-state index contributed by atoms with van der Waals surface area (Å²) in [4.78, 5) is 0. The van der Waals surface area contributed by atoms with Crippen LogP contribution in [0.3, 0.4) is 0 Å². The Morgan fingerprint density at radius 2 is 1.94 bits per heavy atom. The molecule has 104 valence electrons. The third kappa shape index (κ3) is 7.13. The van der Waals surface area contributed by atoms with E-state index >= 15 is 0 Å². The Bertz CT molecular complexity index is 457. The van der Waals surface area contributed by atoms with Gasteiger partial charge in [0.1, 0.15) is 5.75 Å². The van der Waals surface area contributed by atoms with E-state index in [-0.39, 0.29) is 18.8 Å². The van der Waals surface area contributed by atoms with Crippen LogP contribution in [0.4, 0.5) is 5.69 Å². The second kappa shape index (κ2) is 7.94. The van der Waals surface area contributed by atoms with Crippen molar-refractivity contribution in [3.05, 3.63) is 23.8 Å². The lowest BCUT2D eigenvalue weighted by Crippen LogP contribution is -2.09. The number of hydrogen-bond acceptors (Lipinski definition) is 4. The van der Waals surface area contributed by atoms with Gasteiger partial charge in [0.15, 0.2) is 0 Å². The van der Waals surface area contributed by atoms with E-state index in [0.717, 1.165) is 5.56 Å². The summed E-state index contributed by atoms with van der Waals surface area (Å²) >= 11 is 0. The number of benzene rings is 1. The number of ether oxygens (including phenoxy) is 1. The fourth-order valence-corrected chi connectivity index (χ4v) is 1.71. The van der Waals surface area contributed by atoms with Crippen LogP contribution in [0, 0.1) is 6.92 Å². The first-order valence-electron chi connectivity index (χ1n) is 5.82. The third-order valence-corrected chi connectivity index (χ3v) is 2.77. The lowest BCUT2D eigenvalue weighted by Gasteiger charge is -2.08. The van der Waals surface area contributed by atoms with Crippen molar-refractivity contribution >= 4 is 15.8 Å². The van der Waals surface area contributed by atoms with E-state index < -0.39 is 10.1 Å². The standard InChI is InChI=1S/C10H15NO4S.C2H6/c1-8-3-4-10(9(11)7-8)15-5-2-6-16(12,13)14;1-2/h3-4,7H,2,5-6,11H2,1H3,(H,12,13,14);1-2H3. The van der Waals surface area contributed by atoms with Gasteiger partial charge in [0.05, 0.1) is 18.0 Å². The topological polar surface area (TPSA) is 89.6 Å². The SMILES string of the molecule is CC.Cc1ccc(OCCCS(=O)(=O)O)c(N)c1. The van der Waals surface area contributed by atoms with Crippen molar-refractivity contribution in [3.63, 3.8) is 0 Å². The molecule has 1 aromatic carbocycles. The van der Waals surface area contributed by atoms with Gasteiger partial charge in [-0.3, -0.25) is 4.55 Å². The lowest BCUT2D eigenvalue weighted by molar-refractivity contribution is 0.317. The molecule has 0 amide bonds. The van der Waals surface area contributed by atoms with Gasteiger partial charge in [0.2, 0.25) is 0 Å². The Morgan fingerprint density at radius 3 is 2.44 bits per heavy atom. The van der Waals surface area contributed by atoms with Gasteiger partial charge in [0.25, 0.3) is 10.1 Å². The van der Waals surface area contributed by atoms with Gasteiger partial charge < -0.3 is 10.5 Å². The van der Waals surface area contributed by atoms with Crippen molar-refractivity contribution in [2.24, 2.45) is 0 Å². The molecule has 0 atom stereocenters. The van der Waals surface area contributed by atoms with Crippen molar-refractivity contribution in [3.8, 4) is 5.75 Å². The van der Waals surface area contributed by atoms with Crippen molar-refractivity contribution < 1.29 is 17.7 Å². The molecule has 0 unspecified atom stereocenters. The van der Waals surface area contributed by atoms with E-state index in [4.69, 9.17) is 15.0 Å². The Kier molecular flexibility index (Phi) is 7.38. The molecular weight excluding hydrogens is 254 g/mol. The van der Waals surface area contributed by atoms with Crippen LogP contribution in [0.2, 0.25) is 0 Å². The van der Waals surface area contributed by atoms with Gasteiger partial charge in [-0.2, -0.15) is 8.42 Å². The summed E-state index contributed by atoms with van der Waals surface area (Å²) in [5.74, 6) is 0.222. The molecule has 1 aromatic rings. The molecule has 5 nitrogen and oxygen atoms in total. The summed E-state index contributed by atoms with van der Waals surface area (Å²) in [6.45, 7) is 6.12. The first-order chi connectivity index (χ1) is 8.38. The molecule has 0 heterocycles. The molecule has 3 N–H and O–H groups in total. The number of hydrogen-bond donors (Lipinski definition) is 2. The Morgan fingerprint density at radius 1 is 1.33 bits per heavy atom. The maximum atomic E-state index is 10.4. The minimum absolute atomic E-state index is 0.201. The molecule has 0 fully saturated rings. The van der Waals surface area contributed by atoms with E-state index in [1.165, 1.54) is 0 Å². The summed E-state index contributed by atoms with van der Waals surface area (Å²) in [5, 5.41) is 0. The zero-order chi connectivity index (χ0) is 14.2. The van der Waals surface area contributed by atoms with Crippen LogP contribution >= 0.6 is 0 Å². The molecule has 6 heteroatoms. The highest BCUT2D eigenvalue weighted by atomic mass is 32.2. The van der Waals surface area contributed by atoms with Gasteiger partial charge >= 0.3 is 0 Å². The summed E-state index contributed by atoms with van der Waals surface area (Å²) < 4.78 is 34.6. The van der Waals surface area contributed by atoms with Crippen LogP contribution in [0.25, 0.3) is 0 Å². The molecule has 1 rings (SSSR count). The Balaban J connectivity index is 0.00000137. The van der Waals surface area contributed by atoms with Crippen LogP contribution in [-0.2, 0) is 10.1 Å². The van der Waals surface area contributed by atoms with Crippen LogP contribution < -0.4 is 10.5 Å². The summed E-state index contributed by atoms with van der Waals surface area (Å²) in [5.41, 5.74) is 7.25. The lowest BCUT2D eigenvalue weighted by atomic mass is 10.2. The third-order valence-electron chi connectivity index (χ3n) is 1.97. The first-order valence-corrected chi connectivity index (χ1v) is 7.43. The summed E-state index contributed by atoms with van der Waals surface area (Å²) in [6.07, 6.45) is 0.228. The molecule has 0 aliphatic heterocycles. The maximum absolute atomic E-state index is 10.4. The van der Waals surface area contributed by atoms with E-state index in [9.17, 15) is 8.42 Å². The number of aryl methyl sites for hydroxylation is 1. The van der Waals surface area contributed by atoms with Crippen molar-refractivity contribution in [1.82, 2.24) is 0 Å². The van der Waals surface area contributed by atoms with Crippen molar-refractivity contribution in [1.29, 1.82) is 0 Å². The highest BCUT2D eigenvalue weighted by molar-refractivity contribution is 7.85. The largest absolute Gasteiger partial charge is 0.491 e. The van der Waals surface area contributed by atoms with E-state index in [2.05, 4.69) is 0 Å². The van der Waals surface area contributed by atoms with Crippen LogP contribution in [-0.4, -0.2) is 25.3 Å². The highest BCUT2D eigenvalue weighted by Crippen LogP contribution is 2.22. The monoisotopic (exact) mass is 275 g/mol. The number of nitrogens with two attached hydrogens (primary N) is 1. The minimum Gasteiger partial charge on any atom is -0.491 e. The normalized spacial score (nSPS) is 10.4. The van der Waals surface area contributed by atoms with Gasteiger partial charge in [-0.1, -0.05) is 19.9 Å². The predicted molar refractivity (Wildman–Crippen MR) is 73.5 cm³/mol. The number of rotatable bonds is 5. The summed E-state index contributed by atoms with van der Waals surface area (Å²) in [6, 6.07) is 5.37.